The molecule has 0 saturated heterocycles. The third-order valence-corrected chi connectivity index (χ3v) is 4.28. The highest BCUT2D eigenvalue weighted by molar-refractivity contribution is 7.89. The summed E-state index contributed by atoms with van der Waals surface area (Å²) < 4.78 is 29.9. The predicted octanol–water partition coefficient (Wildman–Crippen LogP) is 0.802. The standard InChI is InChI=1S/C12H17NO5S/c1-13(8-7-12(14)15)19(16,17)10-9-18-11-5-3-2-4-6-11/h2-6H,7-10H2,1H3,(H,14,15). The Balaban J connectivity index is 2.40. The minimum atomic E-state index is -3.48. The third kappa shape index (κ3) is 5.71. The second-order valence-electron chi connectivity index (χ2n) is 3.94. The first kappa shape index (κ1) is 15.5. The fraction of sp³-hybridized carbons (Fsp3) is 0.417. The van der Waals surface area contributed by atoms with E-state index >= 15 is 0 Å². The van der Waals surface area contributed by atoms with Crippen LogP contribution in [-0.2, 0) is 14.8 Å². The van der Waals surface area contributed by atoms with Crippen molar-refractivity contribution in [2.45, 2.75) is 6.42 Å². The molecule has 106 valence electrons. The summed E-state index contributed by atoms with van der Waals surface area (Å²) in [5, 5.41) is 8.51. The van der Waals surface area contributed by atoms with Crippen LogP contribution in [0.15, 0.2) is 30.3 Å². The van der Waals surface area contributed by atoms with Gasteiger partial charge in [0.25, 0.3) is 0 Å². The van der Waals surface area contributed by atoms with Gasteiger partial charge in [0.05, 0.1) is 12.2 Å². The normalized spacial score (nSPS) is 11.5. The number of carbonyl (C=O) groups is 1. The van der Waals surface area contributed by atoms with E-state index in [0.717, 1.165) is 4.31 Å². The van der Waals surface area contributed by atoms with Crippen LogP contribution < -0.4 is 4.74 Å². The van der Waals surface area contributed by atoms with Crippen LogP contribution >= 0.6 is 0 Å². The van der Waals surface area contributed by atoms with Crippen molar-refractivity contribution in [3.8, 4) is 5.75 Å². The molecular weight excluding hydrogens is 270 g/mol. The maximum atomic E-state index is 11.8. The molecule has 6 nitrogen and oxygen atoms in total. The number of aliphatic carboxylic acids is 1. The molecule has 1 N–H and O–H groups in total. The van der Waals surface area contributed by atoms with Gasteiger partial charge < -0.3 is 9.84 Å². The molecule has 0 saturated carbocycles. The Bertz CT molecular complexity index is 500. The molecule has 0 fully saturated rings. The molecule has 0 radical (unpaired) electrons. The molecule has 1 rings (SSSR count). The summed E-state index contributed by atoms with van der Waals surface area (Å²) in [6.07, 6.45) is -0.213. The Labute approximate surface area is 112 Å². The first-order valence-electron chi connectivity index (χ1n) is 5.75. The highest BCUT2D eigenvalue weighted by Gasteiger charge is 2.18. The van der Waals surface area contributed by atoms with Crippen LogP contribution in [0.1, 0.15) is 6.42 Å². The zero-order valence-corrected chi connectivity index (χ0v) is 11.5. The van der Waals surface area contributed by atoms with E-state index < -0.39 is 16.0 Å². The van der Waals surface area contributed by atoms with Gasteiger partial charge in [-0.2, -0.15) is 0 Å². The molecule has 0 atom stereocenters. The molecule has 0 unspecified atom stereocenters. The van der Waals surface area contributed by atoms with Crippen molar-refractivity contribution in [3.05, 3.63) is 30.3 Å². The van der Waals surface area contributed by atoms with E-state index in [0.29, 0.717) is 5.75 Å². The van der Waals surface area contributed by atoms with Crippen LogP contribution in [0.2, 0.25) is 0 Å². The lowest BCUT2D eigenvalue weighted by molar-refractivity contribution is -0.137. The second-order valence-corrected chi connectivity index (χ2v) is 6.14. The smallest absolute Gasteiger partial charge is 0.304 e. The van der Waals surface area contributed by atoms with Crippen molar-refractivity contribution in [3.63, 3.8) is 0 Å². The summed E-state index contributed by atoms with van der Waals surface area (Å²) in [6.45, 7) is -0.00718. The Hall–Kier alpha value is -1.60. The summed E-state index contributed by atoms with van der Waals surface area (Å²) in [6, 6.07) is 8.90. The molecule has 0 aliphatic carbocycles. The van der Waals surface area contributed by atoms with Gasteiger partial charge in [0.1, 0.15) is 12.4 Å². The minimum Gasteiger partial charge on any atom is -0.492 e. The van der Waals surface area contributed by atoms with Gasteiger partial charge in [0.15, 0.2) is 0 Å². The molecule has 0 aliphatic rings. The molecule has 0 aliphatic heterocycles. The van der Waals surface area contributed by atoms with E-state index in [4.69, 9.17) is 9.84 Å². The van der Waals surface area contributed by atoms with Crippen molar-refractivity contribution >= 4 is 16.0 Å². The molecule has 0 spiro atoms. The van der Waals surface area contributed by atoms with Crippen molar-refractivity contribution in [2.75, 3.05) is 26.0 Å². The van der Waals surface area contributed by atoms with Crippen LogP contribution in [-0.4, -0.2) is 49.8 Å². The topological polar surface area (TPSA) is 83.9 Å². The summed E-state index contributed by atoms with van der Waals surface area (Å²) >= 11 is 0. The highest BCUT2D eigenvalue weighted by atomic mass is 32.2. The number of hydrogen-bond donors (Lipinski definition) is 1. The van der Waals surface area contributed by atoms with Crippen LogP contribution in [0.4, 0.5) is 0 Å². The van der Waals surface area contributed by atoms with Crippen LogP contribution in [0.25, 0.3) is 0 Å². The first-order chi connectivity index (χ1) is 8.92. The molecule has 1 aromatic carbocycles. The van der Waals surface area contributed by atoms with E-state index in [-0.39, 0.29) is 25.3 Å². The Kier molecular flexibility index (Phi) is 5.78. The lowest BCUT2D eigenvalue weighted by atomic mass is 10.3. The van der Waals surface area contributed by atoms with Gasteiger partial charge in [0.2, 0.25) is 10.0 Å². The fourth-order valence-electron chi connectivity index (χ4n) is 1.33. The second kappa shape index (κ2) is 7.10. The number of sulfonamides is 1. The average Bonchev–Trinajstić information content (AvgIpc) is 2.36. The van der Waals surface area contributed by atoms with E-state index in [1.807, 2.05) is 6.07 Å². The predicted molar refractivity (Wildman–Crippen MR) is 70.6 cm³/mol. The number of benzene rings is 1. The average molecular weight is 287 g/mol. The maximum absolute atomic E-state index is 11.8. The van der Waals surface area contributed by atoms with Crippen LogP contribution in [0.3, 0.4) is 0 Å². The SMILES string of the molecule is CN(CCC(=O)O)S(=O)(=O)CCOc1ccccc1. The number of carboxylic acid groups (broad SMARTS) is 1. The molecule has 0 amide bonds. The van der Waals surface area contributed by atoms with Crippen LogP contribution in [0, 0.1) is 0 Å². The summed E-state index contributed by atoms with van der Waals surface area (Å²) in [5.41, 5.74) is 0. The minimum absolute atomic E-state index is 0.0315. The highest BCUT2D eigenvalue weighted by Crippen LogP contribution is 2.08. The van der Waals surface area contributed by atoms with Crippen molar-refractivity contribution in [2.24, 2.45) is 0 Å². The van der Waals surface area contributed by atoms with Crippen molar-refractivity contribution in [1.82, 2.24) is 4.31 Å². The summed E-state index contributed by atoms with van der Waals surface area (Å²) in [5.74, 6) is -0.605. The number of nitrogens with zero attached hydrogens (tertiary/aromatic N) is 1. The number of ether oxygens (including phenoxy) is 1. The van der Waals surface area contributed by atoms with Crippen molar-refractivity contribution in [1.29, 1.82) is 0 Å². The molecule has 0 aromatic heterocycles. The molecule has 0 bridgehead atoms. The van der Waals surface area contributed by atoms with Gasteiger partial charge in [-0.3, -0.25) is 4.79 Å². The Morgan fingerprint density at radius 1 is 1.32 bits per heavy atom. The molecular formula is C12H17NO5S. The van der Waals surface area contributed by atoms with Gasteiger partial charge in [0, 0.05) is 13.6 Å². The van der Waals surface area contributed by atoms with Crippen LogP contribution in [0.5, 0.6) is 5.75 Å². The lowest BCUT2D eigenvalue weighted by Gasteiger charge is -2.16. The van der Waals surface area contributed by atoms with E-state index in [1.54, 1.807) is 24.3 Å². The summed E-state index contributed by atoms with van der Waals surface area (Å²) in [7, 11) is -2.12. The molecule has 19 heavy (non-hydrogen) atoms. The zero-order chi connectivity index (χ0) is 14.3. The number of carboxylic acids is 1. The quantitative estimate of drug-likeness (QED) is 0.764. The monoisotopic (exact) mass is 287 g/mol. The summed E-state index contributed by atoms with van der Waals surface area (Å²) in [4.78, 5) is 10.4. The number of para-hydroxylation sites is 1. The van der Waals surface area contributed by atoms with Gasteiger partial charge in [-0.05, 0) is 12.1 Å². The maximum Gasteiger partial charge on any atom is 0.304 e. The molecule has 7 heteroatoms. The number of rotatable bonds is 8. The fourth-order valence-corrected chi connectivity index (χ4v) is 2.30. The van der Waals surface area contributed by atoms with E-state index in [9.17, 15) is 13.2 Å². The Morgan fingerprint density at radius 3 is 2.53 bits per heavy atom. The first-order valence-corrected chi connectivity index (χ1v) is 7.36. The van der Waals surface area contributed by atoms with Gasteiger partial charge in [-0.1, -0.05) is 18.2 Å². The van der Waals surface area contributed by atoms with E-state index in [2.05, 4.69) is 0 Å². The zero-order valence-electron chi connectivity index (χ0n) is 10.7. The van der Waals surface area contributed by atoms with Crippen molar-refractivity contribution < 1.29 is 23.1 Å². The number of hydrogen-bond acceptors (Lipinski definition) is 4. The molecule has 1 aromatic rings. The van der Waals surface area contributed by atoms with Gasteiger partial charge in [-0.15, -0.1) is 0 Å². The van der Waals surface area contributed by atoms with Gasteiger partial charge in [-0.25, -0.2) is 12.7 Å². The lowest BCUT2D eigenvalue weighted by Crippen LogP contribution is -2.33. The Morgan fingerprint density at radius 2 is 1.95 bits per heavy atom. The molecule has 0 heterocycles. The third-order valence-electron chi connectivity index (χ3n) is 2.47. The van der Waals surface area contributed by atoms with E-state index in [1.165, 1.54) is 7.05 Å². The largest absolute Gasteiger partial charge is 0.492 e. The van der Waals surface area contributed by atoms with Gasteiger partial charge >= 0.3 is 5.97 Å².